The summed E-state index contributed by atoms with van der Waals surface area (Å²) in [5, 5.41) is 6.31. The fourth-order valence-corrected chi connectivity index (χ4v) is 6.16. The van der Waals surface area contributed by atoms with Gasteiger partial charge in [-0.3, -0.25) is 15.1 Å². The number of hydrogen-bond acceptors (Lipinski definition) is 5. The number of nitrogens with two attached hydrogens (primary N) is 1. The summed E-state index contributed by atoms with van der Waals surface area (Å²) in [4.78, 5) is 10.2. The lowest BCUT2D eigenvalue weighted by atomic mass is 9.86. The first-order valence-corrected chi connectivity index (χ1v) is 11.7. The van der Waals surface area contributed by atoms with Crippen LogP contribution in [0.4, 0.5) is 0 Å². The van der Waals surface area contributed by atoms with Crippen LogP contribution in [0.5, 0.6) is 0 Å². The van der Waals surface area contributed by atoms with Crippen molar-refractivity contribution in [2.24, 2.45) is 11.8 Å². The summed E-state index contributed by atoms with van der Waals surface area (Å²) in [5.41, 5.74) is 3.36. The standard InChI is InChI=1S/C21H41N5O2/c1-25(2)19-11-10-15(13-22-19)20-23-21(28-24-20)17-8-6-12-26(17)14-16-7-4-5-9-18(16)27-3/h15-24H,4-14H2,1-3H3/p+2/t15?,16?,17-,18?,19?,20?,21?/m1/s1. The average Bonchev–Trinajstić information content (AvgIpc) is 3.38. The van der Waals surface area contributed by atoms with Crippen LogP contribution in [0.2, 0.25) is 0 Å². The van der Waals surface area contributed by atoms with Gasteiger partial charge in [-0.05, 0) is 33.4 Å². The summed E-state index contributed by atoms with van der Waals surface area (Å²) < 4.78 is 5.82. The van der Waals surface area contributed by atoms with Gasteiger partial charge in [0.25, 0.3) is 0 Å². The predicted octanol–water partition coefficient (Wildman–Crippen LogP) is -1.12. The van der Waals surface area contributed by atoms with Gasteiger partial charge in [0, 0.05) is 38.2 Å². The van der Waals surface area contributed by atoms with Crippen molar-refractivity contribution in [1.29, 1.82) is 0 Å². The maximum absolute atomic E-state index is 6.11. The van der Waals surface area contributed by atoms with Crippen LogP contribution in [0.3, 0.4) is 0 Å². The Morgan fingerprint density at radius 1 is 1.11 bits per heavy atom. The van der Waals surface area contributed by atoms with Crippen molar-refractivity contribution in [2.45, 2.75) is 82.1 Å². The first-order valence-electron chi connectivity index (χ1n) is 11.7. The molecular formula is C21H43N5O2+2. The Morgan fingerprint density at radius 3 is 2.71 bits per heavy atom. The molecule has 7 unspecified atom stereocenters. The molecule has 0 amide bonds. The third-order valence-electron chi connectivity index (χ3n) is 7.91. The number of rotatable bonds is 6. The van der Waals surface area contributed by atoms with Gasteiger partial charge in [-0.25, -0.2) is 0 Å². The zero-order valence-electron chi connectivity index (χ0n) is 18.2. The van der Waals surface area contributed by atoms with E-state index in [0.29, 0.717) is 30.4 Å². The smallest absolute Gasteiger partial charge is 0.183 e. The van der Waals surface area contributed by atoms with E-state index in [1.54, 1.807) is 4.90 Å². The van der Waals surface area contributed by atoms with Crippen molar-refractivity contribution in [3.8, 4) is 0 Å². The van der Waals surface area contributed by atoms with Crippen LogP contribution in [-0.2, 0) is 9.57 Å². The van der Waals surface area contributed by atoms with Gasteiger partial charge >= 0.3 is 0 Å². The van der Waals surface area contributed by atoms with Gasteiger partial charge in [0.1, 0.15) is 12.2 Å². The first-order chi connectivity index (χ1) is 13.7. The Morgan fingerprint density at radius 2 is 1.96 bits per heavy atom. The van der Waals surface area contributed by atoms with Gasteiger partial charge in [-0.15, -0.1) is 0 Å². The molecular weight excluding hydrogens is 354 g/mol. The average molecular weight is 398 g/mol. The van der Waals surface area contributed by atoms with Crippen LogP contribution < -0.4 is 21.0 Å². The molecule has 3 saturated heterocycles. The molecule has 0 radical (unpaired) electrons. The fourth-order valence-electron chi connectivity index (χ4n) is 6.16. The van der Waals surface area contributed by atoms with E-state index in [1.807, 2.05) is 7.11 Å². The van der Waals surface area contributed by atoms with Gasteiger partial charge < -0.3 is 15.0 Å². The minimum Gasteiger partial charge on any atom is -0.381 e. The zero-order valence-corrected chi connectivity index (χ0v) is 18.2. The second kappa shape index (κ2) is 9.69. The second-order valence-electron chi connectivity index (χ2n) is 9.82. The maximum atomic E-state index is 6.11. The third kappa shape index (κ3) is 4.72. The molecule has 3 heterocycles. The van der Waals surface area contributed by atoms with Gasteiger partial charge in [-0.2, -0.15) is 5.48 Å². The van der Waals surface area contributed by atoms with Crippen LogP contribution in [-0.4, -0.2) is 76.4 Å². The number of nitrogens with zero attached hydrogens (tertiary/aromatic N) is 1. The number of piperidine rings is 1. The molecule has 3 aliphatic heterocycles. The summed E-state index contributed by atoms with van der Waals surface area (Å²) in [7, 11) is 6.27. The number of nitrogens with one attached hydrogen (secondary N) is 3. The Labute approximate surface area is 170 Å². The van der Waals surface area contributed by atoms with E-state index >= 15 is 0 Å². The molecule has 162 valence electrons. The number of quaternary nitrogens is 2. The Bertz CT molecular complexity index is 485. The molecule has 0 bridgehead atoms. The van der Waals surface area contributed by atoms with E-state index in [1.165, 1.54) is 71.0 Å². The predicted molar refractivity (Wildman–Crippen MR) is 108 cm³/mol. The molecule has 7 nitrogen and oxygen atoms in total. The number of methoxy groups -OCH3 is 1. The molecule has 0 aromatic carbocycles. The maximum Gasteiger partial charge on any atom is 0.183 e. The van der Waals surface area contributed by atoms with Crippen molar-refractivity contribution >= 4 is 0 Å². The van der Waals surface area contributed by atoms with E-state index in [-0.39, 0.29) is 6.23 Å². The Hall–Kier alpha value is -0.280. The molecule has 4 aliphatic rings. The lowest BCUT2D eigenvalue weighted by Gasteiger charge is -2.34. The summed E-state index contributed by atoms with van der Waals surface area (Å²) in [6.45, 7) is 3.70. The SMILES string of the molecule is COC1CCCCC1C[NH+]1CCC[C@@H]1C1NC(C2CCC(N(C)C)[NH2+]C2)NO1. The molecule has 1 aliphatic carbocycles. The monoisotopic (exact) mass is 397 g/mol. The fraction of sp³-hybridized carbons (Fsp3) is 1.00. The molecule has 4 rings (SSSR count). The van der Waals surface area contributed by atoms with Crippen LogP contribution >= 0.6 is 0 Å². The minimum atomic E-state index is 0.152. The number of hydrogen-bond donors (Lipinski definition) is 4. The second-order valence-corrected chi connectivity index (χ2v) is 9.82. The molecule has 0 aromatic rings. The molecule has 7 heteroatoms. The molecule has 5 N–H and O–H groups in total. The highest BCUT2D eigenvalue weighted by molar-refractivity contribution is 4.84. The lowest BCUT2D eigenvalue weighted by molar-refractivity contribution is -0.920. The molecule has 8 atom stereocenters. The zero-order chi connectivity index (χ0) is 19.5. The highest BCUT2D eigenvalue weighted by Crippen LogP contribution is 2.26. The molecule has 1 saturated carbocycles. The van der Waals surface area contributed by atoms with Crippen molar-refractivity contribution in [2.75, 3.05) is 40.8 Å². The van der Waals surface area contributed by atoms with Gasteiger partial charge in [-0.1, -0.05) is 12.8 Å². The number of hydroxylamine groups is 1. The van der Waals surface area contributed by atoms with Crippen LogP contribution in [0.1, 0.15) is 51.4 Å². The normalized spacial score (nSPS) is 45.0. The summed E-state index contributed by atoms with van der Waals surface area (Å²) in [6, 6.07) is 0.569. The minimum absolute atomic E-state index is 0.152. The van der Waals surface area contributed by atoms with E-state index in [4.69, 9.17) is 9.57 Å². The third-order valence-corrected chi connectivity index (χ3v) is 7.91. The molecule has 0 aromatic heterocycles. The van der Waals surface area contributed by atoms with Crippen LogP contribution in [0.25, 0.3) is 0 Å². The van der Waals surface area contributed by atoms with E-state index in [2.05, 4.69) is 35.1 Å². The highest BCUT2D eigenvalue weighted by atomic mass is 16.7. The highest BCUT2D eigenvalue weighted by Gasteiger charge is 2.44. The summed E-state index contributed by atoms with van der Waals surface area (Å²) in [5.74, 6) is 1.36. The molecule has 28 heavy (non-hydrogen) atoms. The first kappa shape index (κ1) is 21.0. The largest absolute Gasteiger partial charge is 0.381 e. The quantitative estimate of drug-likeness (QED) is 0.457. The van der Waals surface area contributed by atoms with E-state index < -0.39 is 0 Å². The lowest BCUT2D eigenvalue weighted by Crippen LogP contribution is -3.16. The van der Waals surface area contributed by atoms with Crippen molar-refractivity contribution < 1.29 is 19.8 Å². The molecule has 4 fully saturated rings. The van der Waals surface area contributed by atoms with Crippen LogP contribution in [0.15, 0.2) is 0 Å². The van der Waals surface area contributed by atoms with Gasteiger partial charge in [0.05, 0.1) is 31.9 Å². The number of likely N-dealkylation sites (tertiary alicyclic amines) is 1. The Balaban J connectivity index is 1.28. The van der Waals surface area contributed by atoms with E-state index in [0.717, 1.165) is 5.92 Å². The number of ether oxygens (including phenoxy) is 1. The van der Waals surface area contributed by atoms with Gasteiger partial charge in [0.2, 0.25) is 0 Å². The van der Waals surface area contributed by atoms with E-state index in [9.17, 15) is 0 Å². The van der Waals surface area contributed by atoms with Gasteiger partial charge in [0.15, 0.2) is 6.23 Å². The Kier molecular flexibility index (Phi) is 7.25. The van der Waals surface area contributed by atoms with Crippen LogP contribution in [0, 0.1) is 11.8 Å². The van der Waals surface area contributed by atoms with Crippen molar-refractivity contribution in [3.63, 3.8) is 0 Å². The molecule has 0 spiro atoms. The van der Waals surface area contributed by atoms with Crippen molar-refractivity contribution in [1.82, 2.24) is 15.7 Å². The van der Waals surface area contributed by atoms with Crippen molar-refractivity contribution in [3.05, 3.63) is 0 Å². The topological polar surface area (TPSA) is 66.8 Å². The summed E-state index contributed by atoms with van der Waals surface area (Å²) >= 11 is 0. The summed E-state index contributed by atoms with van der Waals surface area (Å²) in [6.07, 6.45) is 11.9.